The third-order valence-corrected chi connectivity index (χ3v) is 7.11. The van der Waals surface area contributed by atoms with Gasteiger partial charge >= 0.3 is 6.09 Å². The lowest BCUT2D eigenvalue weighted by Crippen LogP contribution is -2.58. The van der Waals surface area contributed by atoms with Gasteiger partial charge in [0.15, 0.2) is 0 Å². The van der Waals surface area contributed by atoms with Crippen LogP contribution in [0.25, 0.3) is 0 Å². The highest BCUT2D eigenvalue weighted by Crippen LogP contribution is 2.52. The predicted octanol–water partition coefficient (Wildman–Crippen LogP) is 4.46. The van der Waals surface area contributed by atoms with Gasteiger partial charge in [-0.3, -0.25) is 4.79 Å². The summed E-state index contributed by atoms with van der Waals surface area (Å²) in [5.74, 6) is 1.32. The Bertz CT molecular complexity index is 893. The molecule has 3 heterocycles. The molecule has 0 spiro atoms. The fourth-order valence-electron chi connectivity index (χ4n) is 5.46. The summed E-state index contributed by atoms with van der Waals surface area (Å²) < 4.78 is 18.4. The Balaban J connectivity index is 1.44. The first-order chi connectivity index (χ1) is 15.5. The van der Waals surface area contributed by atoms with Crippen LogP contribution in [0.2, 0.25) is 0 Å². The largest absolute Gasteiger partial charge is 0.487 e. The average molecular weight is 459 g/mol. The Hall–Kier alpha value is -2.28. The number of rotatable bonds is 3. The molecule has 1 N–H and O–H groups in total. The molecule has 2 fully saturated rings. The smallest absolute Gasteiger partial charge is 0.408 e. The van der Waals surface area contributed by atoms with Crippen LogP contribution in [0.5, 0.6) is 5.75 Å². The van der Waals surface area contributed by atoms with Crippen molar-refractivity contribution in [3.8, 4) is 5.75 Å². The van der Waals surface area contributed by atoms with E-state index in [9.17, 15) is 9.59 Å². The number of piperidine rings is 1. The van der Waals surface area contributed by atoms with Crippen molar-refractivity contribution in [2.75, 3.05) is 13.1 Å². The SMILES string of the molecule is CC[C@H](NC(=O)OC(C)(C)C)C(=O)N1CC[C@@H]2O[C@@H]3c4ccccc4OC(C)(C)[C@H]3C[C@@H]2C1. The van der Waals surface area contributed by atoms with E-state index in [0.717, 1.165) is 24.2 Å². The van der Waals surface area contributed by atoms with E-state index in [1.807, 2.05) is 50.8 Å². The van der Waals surface area contributed by atoms with Gasteiger partial charge in [0.1, 0.15) is 23.0 Å². The van der Waals surface area contributed by atoms with Crippen LogP contribution in [0.3, 0.4) is 0 Å². The lowest BCUT2D eigenvalue weighted by molar-refractivity contribution is -0.189. The molecule has 0 unspecified atom stereocenters. The van der Waals surface area contributed by atoms with Crippen molar-refractivity contribution < 1.29 is 23.8 Å². The van der Waals surface area contributed by atoms with Crippen LogP contribution in [0.15, 0.2) is 24.3 Å². The lowest BCUT2D eigenvalue weighted by atomic mass is 9.70. The molecule has 0 aliphatic carbocycles. The number of nitrogens with zero attached hydrogens (tertiary/aromatic N) is 1. The molecular formula is C26H38N2O5. The fraction of sp³-hybridized carbons (Fsp3) is 0.692. The topological polar surface area (TPSA) is 77.1 Å². The number of likely N-dealkylation sites (tertiary alicyclic amines) is 1. The molecule has 0 aromatic heterocycles. The van der Waals surface area contributed by atoms with Gasteiger partial charge in [-0.25, -0.2) is 4.79 Å². The second-order valence-electron chi connectivity index (χ2n) is 11.1. The van der Waals surface area contributed by atoms with Crippen molar-refractivity contribution in [1.82, 2.24) is 10.2 Å². The van der Waals surface area contributed by atoms with Crippen LogP contribution in [-0.2, 0) is 14.3 Å². The summed E-state index contributed by atoms with van der Waals surface area (Å²) in [5.41, 5.74) is 0.180. The summed E-state index contributed by atoms with van der Waals surface area (Å²) in [4.78, 5) is 27.4. The number of nitrogens with one attached hydrogen (secondary N) is 1. The number of carbonyl (C=O) groups is 2. The van der Waals surface area contributed by atoms with Crippen LogP contribution in [0.1, 0.15) is 72.5 Å². The molecule has 3 aliphatic heterocycles. The van der Waals surface area contributed by atoms with E-state index in [2.05, 4.69) is 25.2 Å². The number of carbonyl (C=O) groups excluding carboxylic acids is 2. The van der Waals surface area contributed by atoms with Crippen molar-refractivity contribution in [3.05, 3.63) is 29.8 Å². The van der Waals surface area contributed by atoms with E-state index >= 15 is 0 Å². The molecule has 2 amide bonds. The van der Waals surface area contributed by atoms with Gasteiger partial charge < -0.3 is 24.4 Å². The quantitative estimate of drug-likeness (QED) is 0.724. The van der Waals surface area contributed by atoms with E-state index in [1.165, 1.54) is 0 Å². The van der Waals surface area contributed by atoms with E-state index in [4.69, 9.17) is 14.2 Å². The standard InChI is InChI=1S/C26H38N2O5/c1-7-19(27-24(30)33-25(2,3)4)23(29)28-13-12-20-16(15-28)14-18-22(31-20)17-10-8-9-11-21(17)32-26(18,5)6/h8-11,16,18-20,22H,7,12-15H2,1-6H3,(H,27,30)/t16-,18+,19+,20+,22-/m1/s1. The molecule has 2 saturated heterocycles. The molecule has 33 heavy (non-hydrogen) atoms. The van der Waals surface area contributed by atoms with Gasteiger partial charge in [0.25, 0.3) is 0 Å². The van der Waals surface area contributed by atoms with Crippen LogP contribution in [-0.4, -0.2) is 53.3 Å². The molecule has 1 aromatic carbocycles. The number of fused-ring (bicyclic) bond motifs is 4. The minimum atomic E-state index is -0.604. The van der Waals surface area contributed by atoms with Crippen LogP contribution >= 0.6 is 0 Å². The molecule has 4 rings (SSSR count). The van der Waals surface area contributed by atoms with Crippen LogP contribution < -0.4 is 10.1 Å². The second-order valence-corrected chi connectivity index (χ2v) is 11.1. The fourth-order valence-corrected chi connectivity index (χ4v) is 5.46. The molecule has 5 atom stereocenters. The van der Waals surface area contributed by atoms with Crippen molar-refractivity contribution in [3.63, 3.8) is 0 Å². The highest BCUT2D eigenvalue weighted by Gasteiger charge is 2.51. The normalized spacial score (nSPS) is 29.0. The van der Waals surface area contributed by atoms with Crippen molar-refractivity contribution in [1.29, 1.82) is 0 Å². The summed E-state index contributed by atoms with van der Waals surface area (Å²) in [5, 5.41) is 2.76. The van der Waals surface area contributed by atoms with Gasteiger partial charge in [0, 0.05) is 30.5 Å². The van der Waals surface area contributed by atoms with E-state index in [0.29, 0.717) is 19.5 Å². The zero-order valence-corrected chi connectivity index (χ0v) is 20.7. The molecule has 0 bridgehead atoms. The summed E-state index contributed by atoms with van der Waals surface area (Å²) in [6.07, 6.45) is 1.84. The zero-order chi connectivity index (χ0) is 24.0. The molecule has 7 nitrogen and oxygen atoms in total. The zero-order valence-electron chi connectivity index (χ0n) is 20.7. The maximum absolute atomic E-state index is 13.3. The monoisotopic (exact) mass is 458 g/mol. The molecule has 182 valence electrons. The highest BCUT2D eigenvalue weighted by molar-refractivity contribution is 5.85. The number of ether oxygens (including phenoxy) is 3. The third-order valence-electron chi connectivity index (χ3n) is 7.11. The molecule has 0 saturated carbocycles. The third kappa shape index (κ3) is 4.98. The van der Waals surface area contributed by atoms with Gasteiger partial charge in [0.2, 0.25) is 5.91 Å². The first-order valence-electron chi connectivity index (χ1n) is 12.2. The van der Waals surface area contributed by atoms with Crippen molar-refractivity contribution >= 4 is 12.0 Å². The molecular weight excluding hydrogens is 420 g/mol. The van der Waals surface area contributed by atoms with Gasteiger partial charge in [-0.1, -0.05) is 25.1 Å². The first-order valence-corrected chi connectivity index (χ1v) is 12.2. The maximum atomic E-state index is 13.3. The number of benzene rings is 1. The van der Waals surface area contributed by atoms with Crippen LogP contribution in [0.4, 0.5) is 4.79 Å². The Morgan fingerprint density at radius 3 is 2.70 bits per heavy atom. The van der Waals surface area contributed by atoms with Gasteiger partial charge in [-0.15, -0.1) is 0 Å². The predicted molar refractivity (Wildman–Crippen MR) is 125 cm³/mol. The number of alkyl carbamates (subject to hydrolysis) is 1. The average Bonchev–Trinajstić information content (AvgIpc) is 2.74. The highest BCUT2D eigenvalue weighted by atomic mass is 16.6. The lowest BCUT2D eigenvalue weighted by Gasteiger charge is -2.53. The molecule has 7 heteroatoms. The summed E-state index contributed by atoms with van der Waals surface area (Å²) in [6, 6.07) is 7.58. The molecule has 1 aromatic rings. The van der Waals surface area contributed by atoms with E-state index in [1.54, 1.807) is 0 Å². The number of amides is 2. The van der Waals surface area contributed by atoms with Crippen molar-refractivity contribution in [2.45, 2.75) is 90.3 Å². The van der Waals surface area contributed by atoms with Gasteiger partial charge in [-0.05, 0) is 59.9 Å². The van der Waals surface area contributed by atoms with Crippen molar-refractivity contribution in [2.24, 2.45) is 11.8 Å². The minimum Gasteiger partial charge on any atom is -0.487 e. The summed E-state index contributed by atoms with van der Waals surface area (Å²) >= 11 is 0. The first kappa shape index (κ1) is 23.9. The minimum absolute atomic E-state index is 0.0191. The van der Waals surface area contributed by atoms with Crippen LogP contribution in [0, 0.1) is 11.8 Å². The number of hydrogen-bond donors (Lipinski definition) is 1. The Morgan fingerprint density at radius 2 is 2.00 bits per heavy atom. The summed E-state index contributed by atoms with van der Waals surface area (Å²) in [6.45, 7) is 12.9. The molecule has 0 radical (unpaired) electrons. The Labute approximate surface area is 197 Å². The Morgan fingerprint density at radius 1 is 1.27 bits per heavy atom. The second kappa shape index (κ2) is 8.82. The van der Waals surface area contributed by atoms with E-state index < -0.39 is 17.7 Å². The maximum Gasteiger partial charge on any atom is 0.408 e. The van der Waals surface area contributed by atoms with Gasteiger partial charge in [0.05, 0.1) is 12.2 Å². The molecule has 3 aliphatic rings. The number of hydrogen-bond acceptors (Lipinski definition) is 5. The number of para-hydroxylation sites is 1. The summed E-state index contributed by atoms with van der Waals surface area (Å²) in [7, 11) is 0. The Kier molecular flexibility index (Phi) is 6.38. The van der Waals surface area contributed by atoms with E-state index in [-0.39, 0.29) is 35.6 Å². The van der Waals surface area contributed by atoms with Gasteiger partial charge in [-0.2, -0.15) is 0 Å².